The van der Waals surface area contributed by atoms with Gasteiger partial charge in [-0.1, -0.05) is 97.1 Å². The van der Waals surface area contributed by atoms with Gasteiger partial charge < -0.3 is 0 Å². The Balaban J connectivity index is 1.01. The lowest BCUT2D eigenvalue weighted by Gasteiger charge is -2.22. The van der Waals surface area contributed by atoms with Crippen LogP contribution in [0.2, 0.25) is 0 Å². The highest BCUT2D eigenvalue weighted by Gasteiger charge is 2.26. The molecule has 0 atom stereocenters. The molecule has 4 aromatic heterocycles. The number of nitrogens with zero attached hydrogens (tertiary/aromatic N) is 4. The van der Waals surface area contributed by atoms with Crippen molar-refractivity contribution in [2.75, 3.05) is 0 Å². The number of rotatable bonds is 0. The Morgan fingerprint density at radius 3 is 0.774 bits per heavy atom. The van der Waals surface area contributed by atoms with E-state index in [1.807, 2.05) is 60.7 Å². The molecule has 62 heavy (non-hydrogen) atoms. The van der Waals surface area contributed by atoms with Gasteiger partial charge in [-0.05, 0) is 145 Å². The molecule has 0 aliphatic carbocycles. The zero-order valence-electron chi connectivity index (χ0n) is 32.5. The number of fused-ring (bicyclic) bond motifs is 14. The first-order valence-corrected chi connectivity index (χ1v) is 21.1. The van der Waals surface area contributed by atoms with Crippen molar-refractivity contribution in [2.45, 2.75) is 0 Å². The second kappa shape index (κ2) is 9.76. The molecule has 0 saturated carbocycles. The maximum absolute atomic E-state index is 14.3. The first kappa shape index (κ1) is 30.5. The Labute approximate surface area is 346 Å². The number of hydrogen-bond acceptors (Lipinski definition) is 4. The highest BCUT2D eigenvalue weighted by atomic mass is 16.1. The Kier molecular flexibility index (Phi) is 4.81. The molecule has 4 heterocycles. The molecule has 0 aliphatic heterocycles. The van der Waals surface area contributed by atoms with Crippen molar-refractivity contribution in [1.29, 1.82) is 0 Å². The fourth-order valence-electron chi connectivity index (χ4n) is 12.5. The summed E-state index contributed by atoms with van der Waals surface area (Å²) in [6.07, 6.45) is 0. The average molecular weight is 785 g/mol. The number of pyridine rings is 2. The van der Waals surface area contributed by atoms with E-state index in [9.17, 15) is 9.59 Å². The minimum atomic E-state index is -0.0326. The third-order valence-corrected chi connectivity index (χ3v) is 14.9. The van der Waals surface area contributed by atoms with E-state index in [0.717, 1.165) is 75.9 Å². The Hall–Kier alpha value is -8.48. The van der Waals surface area contributed by atoms with E-state index in [2.05, 4.69) is 84.9 Å². The van der Waals surface area contributed by atoms with Crippen LogP contribution in [0, 0.1) is 0 Å². The molecule has 0 bridgehead atoms. The molecular formula is C56H24N4O2. The lowest BCUT2D eigenvalue weighted by molar-refractivity contribution is 1.19. The van der Waals surface area contributed by atoms with Gasteiger partial charge in [0.05, 0.1) is 22.1 Å². The van der Waals surface area contributed by atoms with Crippen molar-refractivity contribution in [3.8, 4) is 0 Å². The van der Waals surface area contributed by atoms with Crippen LogP contribution in [0.3, 0.4) is 0 Å². The van der Waals surface area contributed by atoms with Gasteiger partial charge in [0, 0.05) is 32.3 Å². The summed E-state index contributed by atoms with van der Waals surface area (Å²) in [5.74, 6) is 0. The third kappa shape index (κ3) is 3.11. The van der Waals surface area contributed by atoms with Gasteiger partial charge in [-0.25, -0.2) is 9.97 Å². The van der Waals surface area contributed by atoms with Crippen molar-refractivity contribution >= 4 is 163 Å². The highest BCUT2D eigenvalue weighted by Crippen LogP contribution is 2.52. The highest BCUT2D eigenvalue weighted by molar-refractivity contribution is 6.47. The second-order valence-corrected chi connectivity index (χ2v) is 17.4. The van der Waals surface area contributed by atoms with Crippen molar-refractivity contribution in [1.82, 2.24) is 18.8 Å². The third-order valence-electron chi connectivity index (χ3n) is 14.9. The minimum Gasteiger partial charge on any atom is -0.268 e. The fraction of sp³-hybridized carbons (Fsp3) is 0. The number of benzene rings is 13. The molecule has 0 fully saturated rings. The lowest BCUT2D eigenvalue weighted by Crippen LogP contribution is -2.13. The summed E-state index contributed by atoms with van der Waals surface area (Å²) in [6, 6.07) is 51.5. The topological polar surface area (TPSA) is 68.7 Å². The van der Waals surface area contributed by atoms with Crippen molar-refractivity contribution in [3.63, 3.8) is 0 Å². The van der Waals surface area contributed by atoms with Gasteiger partial charge in [-0.15, -0.1) is 0 Å². The normalized spacial score (nSPS) is 13.3. The maximum Gasteiger partial charge on any atom is 0.264 e. The van der Waals surface area contributed by atoms with E-state index in [1.54, 1.807) is 8.80 Å². The predicted molar refractivity (Wildman–Crippen MR) is 257 cm³/mol. The molecule has 0 N–H and O–H groups in total. The summed E-state index contributed by atoms with van der Waals surface area (Å²) < 4.78 is 3.57. The number of aromatic nitrogens is 4. The van der Waals surface area contributed by atoms with Crippen LogP contribution in [0.25, 0.3) is 163 Å². The van der Waals surface area contributed by atoms with Gasteiger partial charge in [0.1, 0.15) is 11.3 Å². The summed E-state index contributed by atoms with van der Waals surface area (Å²) in [7, 11) is 0. The quantitative estimate of drug-likeness (QED) is 0.113. The Bertz CT molecular complexity index is 4640. The molecule has 17 aromatic rings. The minimum absolute atomic E-state index is 0.0326. The largest absolute Gasteiger partial charge is 0.268 e. The number of imidazole rings is 2. The smallest absolute Gasteiger partial charge is 0.264 e. The fourth-order valence-corrected chi connectivity index (χ4v) is 12.5. The zero-order valence-corrected chi connectivity index (χ0v) is 32.5. The van der Waals surface area contributed by atoms with Crippen LogP contribution < -0.4 is 11.1 Å². The molecule has 0 aliphatic rings. The van der Waals surface area contributed by atoms with Crippen LogP contribution in [0.15, 0.2) is 155 Å². The molecular weight excluding hydrogens is 761 g/mol. The summed E-state index contributed by atoms with van der Waals surface area (Å²) in [5, 5.41) is 26.9. The van der Waals surface area contributed by atoms with Crippen LogP contribution in [0.1, 0.15) is 0 Å². The Morgan fingerprint density at radius 2 is 0.484 bits per heavy atom. The van der Waals surface area contributed by atoms with Gasteiger partial charge in [-0.3, -0.25) is 18.4 Å². The predicted octanol–water partition coefficient (Wildman–Crippen LogP) is 13.0. The molecule has 0 spiro atoms. The van der Waals surface area contributed by atoms with Gasteiger partial charge in [0.25, 0.3) is 11.1 Å². The van der Waals surface area contributed by atoms with E-state index in [-0.39, 0.29) is 11.1 Å². The van der Waals surface area contributed by atoms with Crippen molar-refractivity contribution < 1.29 is 0 Å². The van der Waals surface area contributed by atoms with Crippen LogP contribution >= 0.6 is 0 Å². The number of hydrogen-bond donors (Lipinski definition) is 0. The molecule has 0 radical (unpaired) electrons. The molecule has 17 rings (SSSR count). The average Bonchev–Trinajstić information content (AvgIpc) is 3.91. The van der Waals surface area contributed by atoms with Gasteiger partial charge in [0.2, 0.25) is 0 Å². The first-order chi connectivity index (χ1) is 30.6. The van der Waals surface area contributed by atoms with Gasteiger partial charge in [-0.2, -0.15) is 0 Å². The summed E-state index contributed by atoms with van der Waals surface area (Å²) in [5.41, 5.74) is 4.66. The standard InChI is InChI=1S/C56H24N4O2/c61-55-39-23-19-35-31-15-11-27-26-10-14-30-34-18-22-38-52-40(56(62)60-44-8-4-2-6-42(44)58-54(38)60)24-20-36(50(34)52)32-16-12-28(46(26)48(30)32)25-9-13-29(47(31)45(25)27)33-17-21-37(51(39)49(33)35)53-57-41-5-1-3-7-43(41)59(53)55/h1-24H. The van der Waals surface area contributed by atoms with Crippen LogP contribution in [0.4, 0.5) is 0 Å². The molecule has 0 saturated heterocycles. The zero-order chi connectivity index (χ0) is 40.0. The number of para-hydroxylation sites is 4. The monoisotopic (exact) mass is 784 g/mol. The van der Waals surface area contributed by atoms with Crippen LogP contribution in [0.5, 0.6) is 0 Å². The van der Waals surface area contributed by atoms with E-state index < -0.39 is 0 Å². The first-order valence-electron chi connectivity index (χ1n) is 21.1. The van der Waals surface area contributed by atoms with Crippen LogP contribution in [-0.2, 0) is 0 Å². The maximum atomic E-state index is 14.3. The summed E-state index contributed by atoms with van der Waals surface area (Å²) in [6.45, 7) is 0. The lowest BCUT2D eigenvalue weighted by atomic mass is 9.81. The molecule has 0 amide bonds. The van der Waals surface area contributed by atoms with Gasteiger partial charge >= 0.3 is 0 Å². The van der Waals surface area contributed by atoms with Crippen LogP contribution in [-0.4, -0.2) is 18.8 Å². The van der Waals surface area contributed by atoms with E-state index in [4.69, 9.17) is 9.97 Å². The van der Waals surface area contributed by atoms with E-state index in [1.165, 1.54) is 64.6 Å². The molecule has 0 unspecified atom stereocenters. The van der Waals surface area contributed by atoms with Crippen molar-refractivity contribution in [2.24, 2.45) is 0 Å². The molecule has 6 nitrogen and oxygen atoms in total. The molecule has 280 valence electrons. The SMILES string of the molecule is O=c1c2ccc3c4ccc5c6ccc7c8ccc9c%10c(ccc(c%11ccc(c%12ccc(c%13ccc(c2c3%13)c2nc3ccccc3n12)c4c5%12)c6c%117)c8%10)c(=O)n1c2ccccc2nc91. The molecule has 6 heteroatoms. The Morgan fingerprint density at radius 1 is 0.258 bits per heavy atom. The van der Waals surface area contributed by atoms with E-state index >= 15 is 0 Å². The van der Waals surface area contributed by atoms with Gasteiger partial charge in [0.15, 0.2) is 0 Å². The van der Waals surface area contributed by atoms with Crippen molar-refractivity contribution in [3.05, 3.63) is 166 Å². The second-order valence-electron chi connectivity index (χ2n) is 17.4. The van der Waals surface area contributed by atoms with E-state index in [0.29, 0.717) is 22.1 Å². The summed E-state index contributed by atoms with van der Waals surface area (Å²) in [4.78, 5) is 38.6. The summed E-state index contributed by atoms with van der Waals surface area (Å²) >= 11 is 0. The molecule has 13 aromatic carbocycles.